The highest BCUT2D eigenvalue weighted by Gasteiger charge is 2.48. The van der Waals surface area contributed by atoms with Crippen molar-refractivity contribution >= 4 is 40.7 Å². The van der Waals surface area contributed by atoms with E-state index in [1.54, 1.807) is 19.6 Å². The number of rotatable bonds is 15. The Balaban J connectivity index is 1.19. The van der Waals surface area contributed by atoms with Crippen LogP contribution in [-0.4, -0.2) is 218 Å². The van der Waals surface area contributed by atoms with Crippen LogP contribution in [0.2, 0.25) is 0 Å². The molecule has 3 aromatic rings. The van der Waals surface area contributed by atoms with E-state index in [0.717, 1.165) is 12.1 Å². The number of benzene rings is 2. The van der Waals surface area contributed by atoms with Crippen LogP contribution in [-0.2, 0) is 28.7 Å². The van der Waals surface area contributed by atoms with Crippen molar-refractivity contribution in [3.05, 3.63) is 46.6 Å². The lowest BCUT2D eigenvalue weighted by Gasteiger charge is -2.39. The van der Waals surface area contributed by atoms with Gasteiger partial charge in [0.1, 0.15) is 40.8 Å². The Bertz CT molecular complexity index is 2140. The highest BCUT2D eigenvalue weighted by atomic mass is 16.7. The van der Waals surface area contributed by atoms with Crippen LogP contribution in [0.15, 0.2) is 45.6 Å². The molecule has 2 aromatic carbocycles. The highest BCUT2D eigenvalue weighted by molar-refractivity contribution is 5.89. The number of amides is 2. The number of nitrogens with one attached hydrogen (secondary N) is 2. The number of carbonyl (C=O) groups excluding carboxylic acids is 2. The maximum Gasteiger partial charge on any atom is 0.317 e. The van der Waals surface area contributed by atoms with Crippen LogP contribution < -0.4 is 20.8 Å². The van der Waals surface area contributed by atoms with Crippen molar-refractivity contribution in [1.82, 2.24) is 30.2 Å². The molecule has 5 atom stereocenters. The van der Waals surface area contributed by atoms with Gasteiger partial charge in [-0.3, -0.25) is 48.4 Å². The molecule has 5 rings (SSSR count). The molecule has 24 heteroatoms. The van der Waals surface area contributed by atoms with E-state index in [4.69, 9.17) is 13.9 Å². The standard InChI is InChI=1S/C39H50N6O18/c46-22-3-1-21(2-4-22)24-15-23(47)31-25(61-24)16-26(32(55)33(31)56)62-39-36(59)34(57)35(58)37(63-39)38(60)41-6-5-40-27(48)17-42-7-9-43(18-28(49)50)11-13-45(20-30(53)54)14-12-44(10-8-42)19-29(51)52/h1-4,15-16,34-37,39,46,55-59H,5-14,17-20H2,(H,40,48)(H,41,60)(H,49,50)(H,51,52)(H,53,54)/t34-,35-,36+,37-,39?/m0/s1. The van der Waals surface area contributed by atoms with Crippen molar-refractivity contribution in [1.29, 1.82) is 0 Å². The van der Waals surface area contributed by atoms with E-state index in [-0.39, 0.29) is 109 Å². The fourth-order valence-corrected chi connectivity index (χ4v) is 6.95. The molecule has 2 fully saturated rings. The summed E-state index contributed by atoms with van der Waals surface area (Å²) in [5.41, 5.74) is -0.669. The van der Waals surface area contributed by atoms with E-state index >= 15 is 0 Å². The number of fused-ring (bicyclic) bond motifs is 1. The number of hydrogen-bond acceptors (Lipinski definition) is 19. The minimum Gasteiger partial charge on any atom is -0.508 e. The minimum atomic E-state index is -2.03. The largest absolute Gasteiger partial charge is 0.508 e. The summed E-state index contributed by atoms with van der Waals surface area (Å²) in [4.78, 5) is 80.2. The summed E-state index contributed by atoms with van der Waals surface area (Å²) in [6, 6.07) is 7.65. The Hall–Kier alpha value is -6.12. The molecule has 2 aliphatic rings. The molecule has 2 saturated heterocycles. The maximum atomic E-state index is 13.2. The molecule has 11 N–H and O–H groups in total. The number of hydrogen-bond donors (Lipinski definition) is 11. The molecule has 63 heavy (non-hydrogen) atoms. The van der Waals surface area contributed by atoms with Crippen LogP contribution in [0, 0.1) is 0 Å². The van der Waals surface area contributed by atoms with Gasteiger partial charge in [0, 0.05) is 83.1 Å². The molecule has 2 amide bonds. The Morgan fingerprint density at radius 1 is 0.651 bits per heavy atom. The van der Waals surface area contributed by atoms with Crippen LogP contribution >= 0.6 is 0 Å². The number of carboxylic acids is 3. The van der Waals surface area contributed by atoms with Crippen molar-refractivity contribution in [2.75, 3.05) is 91.6 Å². The number of aromatic hydroxyl groups is 3. The van der Waals surface area contributed by atoms with E-state index in [1.807, 2.05) is 0 Å². The van der Waals surface area contributed by atoms with Crippen molar-refractivity contribution in [3.8, 4) is 34.3 Å². The number of aliphatic hydroxyl groups excluding tert-OH is 3. The van der Waals surface area contributed by atoms with Gasteiger partial charge < -0.3 is 70.5 Å². The summed E-state index contributed by atoms with van der Waals surface area (Å²) in [5.74, 6) is -7.39. The molecule has 1 unspecified atom stereocenters. The average Bonchev–Trinajstić information content (AvgIpc) is 3.21. The summed E-state index contributed by atoms with van der Waals surface area (Å²) in [6.45, 7) is -0.0334. The second-order valence-corrected chi connectivity index (χ2v) is 14.9. The number of nitrogens with zero attached hydrogens (tertiary/aromatic N) is 4. The predicted molar refractivity (Wildman–Crippen MR) is 215 cm³/mol. The molecule has 344 valence electrons. The first-order valence-electron chi connectivity index (χ1n) is 19.7. The fraction of sp³-hybridized carbons (Fsp3) is 0.487. The molecule has 0 radical (unpaired) electrons. The zero-order valence-electron chi connectivity index (χ0n) is 33.7. The fourth-order valence-electron chi connectivity index (χ4n) is 6.95. The number of ether oxygens (including phenoxy) is 2. The van der Waals surface area contributed by atoms with E-state index in [0.29, 0.717) is 5.56 Å². The average molecular weight is 891 g/mol. The smallest absolute Gasteiger partial charge is 0.317 e. The van der Waals surface area contributed by atoms with Gasteiger partial charge in [0.15, 0.2) is 23.0 Å². The van der Waals surface area contributed by atoms with Crippen molar-refractivity contribution < 1.29 is 83.8 Å². The molecule has 1 aromatic heterocycles. The summed E-state index contributed by atoms with van der Waals surface area (Å²) in [6.07, 6.45) is -9.86. The van der Waals surface area contributed by atoms with Gasteiger partial charge in [-0.15, -0.1) is 0 Å². The number of phenols is 3. The molecule has 3 heterocycles. The Labute approximate surface area is 357 Å². The minimum absolute atomic E-state index is 0.0142. The summed E-state index contributed by atoms with van der Waals surface area (Å²) < 4.78 is 16.8. The zero-order chi connectivity index (χ0) is 46.0. The molecular weight excluding hydrogens is 840 g/mol. The first kappa shape index (κ1) is 47.9. The molecule has 0 saturated carbocycles. The van der Waals surface area contributed by atoms with E-state index in [1.165, 1.54) is 24.3 Å². The molecule has 24 nitrogen and oxygen atoms in total. The van der Waals surface area contributed by atoms with Gasteiger partial charge in [0.2, 0.25) is 17.9 Å². The second kappa shape index (κ2) is 21.8. The first-order chi connectivity index (χ1) is 29.9. The van der Waals surface area contributed by atoms with Crippen molar-refractivity contribution in [3.63, 3.8) is 0 Å². The monoisotopic (exact) mass is 890 g/mol. The third-order valence-corrected chi connectivity index (χ3v) is 10.3. The summed E-state index contributed by atoms with van der Waals surface area (Å²) in [7, 11) is 0. The second-order valence-electron chi connectivity index (χ2n) is 14.9. The zero-order valence-corrected chi connectivity index (χ0v) is 33.7. The highest BCUT2D eigenvalue weighted by Crippen LogP contribution is 2.42. The van der Waals surface area contributed by atoms with Gasteiger partial charge in [0.25, 0.3) is 5.91 Å². The quantitative estimate of drug-likeness (QED) is 0.0520. The Kier molecular flexibility index (Phi) is 16.6. The van der Waals surface area contributed by atoms with E-state index in [9.17, 15) is 74.7 Å². The number of aliphatic hydroxyl groups is 3. The molecule has 0 aliphatic carbocycles. The van der Waals surface area contributed by atoms with Gasteiger partial charge in [-0.25, -0.2) is 0 Å². The summed E-state index contributed by atoms with van der Waals surface area (Å²) >= 11 is 0. The predicted octanol–water partition coefficient (Wildman–Crippen LogP) is -3.53. The molecule has 0 spiro atoms. The Morgan fingerprint density at radius 2 is 1.14 bits per heavy atom. The normalized spacial score (nSPS) is 22.4. The SMILES string of the molecule is O=C(O)CN1CCN(CC(=O)O)CCN(CC(=O)NCCNC(=O)[C@H]2OC(Oc3cc4oc(-c5ccc(O)cc5)cc(=O)c4c(O)c3O)[C@H](O)[C@@H](O)[C@@H]2O)CCN(CC(=O)O)CC1. The number of phenolic OH excluding ortho intramolecular Hbond substituents is 3. The van der Waals surface area contributed by atoms with Gasteiger partial charge in [-0.2, -0.15) is 0 Å². The maximum absolute atomic E-state index is 13.2. The van der Waals surface area contributed by atoms with Crippen molar-refractivity contribution in [2.24, 2.45) is 0 Å². The molecular formula is C39H50N6O18. The lowest BCUT2D eigenvalue weighted by Crippen LogP contribution is -2.63. The van der Waals surface area contributed by atoms with Crippen LogP contribution in [0.3, 0.4) is 0 Å². The van der Waals surface area contributed by atoms with Crippen molar-refractivity contribution in [2.45, 2.75) is 30.7 Å². The number of aliphatic carboxylic acids is 3. The lowest BCUT2D eigenvalue weighted by molar-refractivity contribution is -0.267. The topological polar surface area (TPSA) is 353 Å². The van der Waals surface area contributed by atoms with Gasteiger partial charge in [-0.05, 0) is 24.3 Å². The number of carboxylic acid groups (broad SMARTS) is 3. The Morgan fingerprint density at radius 3 is 1.65 bits per heavy atom. The van der Waals surface area contributed by atoms with Gasteiger partial charge in [-0.1, -0.05) is 0 Å². The van der Waals surface area contributed by atoms with Crippen LogP contribution in [0.4, 0.5) is 0 Å². The molecule has 0 bridgehead atoms. The van der Waals surface area contributed by atoms with E-state index < -0.39 is 88.5 Å². The van der Waals surface area contributed by atoms with Gasteiger partial charge >= 0.3 is 17.9 Å². The lowest BCUT2D eigenvalue weighted by atomic mass is 9.98. The molecule has 2 aliphatic heterocycles. The van der Waals surface area contributed by atoms with Crippen LogP contribution in [0.25, 0.3) is 22.3 Å². The third-order valence-electron chi connectivity index (χ3n) is 10.3. The summed E-state index contributed by atoms with van der Waals surface area (Å²) in [5, 5.41) is 95.8. The van der Waals surface area contributed by atoms with Gasteiger partial charge in [0.05, 0.1) is 26.2 Å². The first-order valence-corrected chi connectivity index (χ1v) is 19.7. The third kappa shape index (κ3) is 13.2. The van der Waals surface area contributed by atoms with E-state index in [2.05, 4.69) is 10.6 Å². The van der Waals surface area contributed by atoms with Crippen LogP contribution in [0.5, 0.6) is 23.0 Å². The number of carbonyl (C=O) groups is 5. The van der Waals surface area contributed by atoms with Crippen LogP contribution in [0.1, 0.15) is 0 Å².